The summed E-state index contributed by atoms with van der Waals surface area (Å²) in [5.74, 6) is -0.370. The predicted molar refractivity (Wildman–Crippen MR) is 79.1 cm³/mol. The summed E-state index contributed by atoms with van der Waals surface area (Å²) in [6.07, 6.45) is -3.00. The summed E-state index contributed by atoms with van der Waals surface area (Å²) < 4.78 is 39.6. The molecule has 1 amide bonds. The second-order valence-corrected chi connectivity index (χ2v) is 5.59. The van der Waals surface area contributed by atoms with Crippen molar-refractivity contribution in [3.8, 4) is 0 Å². The molecule has 2 N–H and O–H groups in total. The lowest BCUT2D eigenvalue weighted by Gasteiger charge is -2.38. The molecule has 0 spiro atoms. The monoisotopic (exact) mass is 324 g/mol. The first kappa shape index (κ1) is 15.4. The highest BCUT2D eigenvalue weighted by Gasteiger charge is 2.38. The van der Waals surface area contributed by atoms with Gasteiger partial charge in [-0.2, -0.15) is 18.3 Å². The van der Waals surface area contributed by atoms with E-state index < -0.39 is 11.7 Å². The van der Waals surface area contributed by atoms with Crippen molar-refractivity contribution in [2.24, 2.45) is 0 Å². The van der Waals surface area contributed by atoms with E-state index in [2.05, 4.69) is 5.10 Å². The number of fused-ring (bicyclic) bond motifs is 1. The summed E-state index contributed by atoms with van der Waals surface area (Å²) in [6, 6.07) is 4.11. The molecule has 3 rings (SSSR count). The van der Waals surface area contributed by atoms with Gasteiger partial charge >= 0.3 is 6.18 Å². The molecule has 2 aromatic rings. The van der Waals surface area contributed by atoms with Crippen molar-refractivity contribution in [1.29, 1.82) is 0 Å². The molecule has 122 valence electrons. The van der Waals surface area contributed by atoms with Crippen molar-refractivity contribution >= 4 is 17.3 Å². The molecule has 0 aliphatic carbocycles. The van der Waals surface area contributed by atoms with E-state index in [0.29, 0.717) is 5.69 Å². The molecule has 0 unspecified atom stereocenters. The number of anilines is 2. The Labute approximate surface area is 130 Å². The summed E-state index contributed by atoms with van der Waals surface area (Å²) in [6.45, 7) is 3.70. The number of carbonyl (C=O) groups is 1. The maximum absolute atomic E-state index is 12.7. The molecule has 23 heavy (non-hydrogen) atoms. The number of alkyl halides is 3. The molecule has 0 fully saturated rings. The van der Waals surface area contributed by atoms with Crippen LogP contribution in [0, 0.1) is 0 Å². The summed E-state index contributed by atoms with van der Waals surface area (Å²) in [5, 5.41) is 4.11. The van der Waals surface area contributed by atoms with Gasteiger partial charge in [-0.25, -0.2) is 0 Å². The van der Waals surface area contributed by atoms with Crippen LogP contribution >= 0.6 is 0 Å². The minimum absolute atomic E-state index is 0.151. The fourth-order valence-corrected chi connectivity index (χ4v) is 2.79. The van der Waals surface area contributed by atoms with Gasteiger partial charge in [0, 0.05) is 5.69 Å². The average Bonchev–Trinajstić information content (AvgIpc) is 2.87. The van der Waals surface area contributed by atoms with Crippen LogP contribution in [0.5, 0.6) is 0 Å². The van der Waals surface area contributed by atoms with Gasteiger partial charge in [-0.05, 0) is 38.1 Å². The molecule has 2 heterocycles. The van der Waals surface area contributed by atoms with E-state index in [1.165, 1.54) is 23.2 Å². The van der Waals surface area contributed by atoms with Gasteiger partial charge in [0.1, 0.15) is 5.69 Å². The Kier molecular flexibility index (Phi) is 3.35. The van der Waals surface area contributed by atoms with Gasteiger partial charge in [0.15, 0.2) is 0 Å². The minimum atomic E-state index is -4.41. The number of hydrogen-bond acceptors (Lipinski definition) is 3. The number of benzene rings is 1. The number of aromatic nitrogens is 2. The summed E-state index contributed by atoms with van der Waals surface area (Å²) in [7, 11) is 0. The molecule has 8 heteroatoms. The Morgan fingerprint density at radius 1 is 1.13 bits per heavy atom. The van der Waals surface area contributed by atoms with Crippen LogP contribution in [0.25, 0.3) is 0 Å². The summed E-state index contributed by atoms with van der Waals surface area (Å²) >= 11 is 0. The van der Waals surface area contributed by atoms with Gasteiger partial charge in [-0.1, -0.05) is 0 Å². The van der Waals surface area contributed by atoms with E-state index >= 15 is 0 Å². The lowest BCUT2D eigenvalue weighted by Crippen LogP contribution is -2.49. The molecule has 0 saturated carbocycles. The predicted octanol–water partition coefficient (Wildman–Crippen LogP) is 3.09. The number of hydrogen-bond donors (Lipinski definition) is 1. The van der Waals surface area contributed by atoms with Gasteiger partial charge in [0.25, 0.3) is 5.91 Å². The van der Waals surface area contributed by atoms with E-state index in [-0.39, 0.29) is 29.4 Å². The number of carbonyl (C=O) groups excluding carboxylic acids is 1. The van der Waals surface area contributed by atoms with Crippen molar-refractivity contribution in [3.63, 3.8) is 0 Å². The van der Waals surface area contributed by atoms with E-state index in [1.54, 1.807) is 4.68 Å². The molecule has 5 nitrogen and oxygen atoms in total. The number of rotatable bonds is 1. The van der Waals surface area contributed by atoms with Crippen molar-refractivity contribution < 1.29 is 18.0 Å². The Morgan fingerprint density at radius 3 is 2.30 bits per heavy atom. The first-order valence-corrected chi connectivity index (χ1v) is 7.05. The highest BCUT2D eigenvalue weighted by molar-refractivity contribution is 6.09. The van der Waals surface area contributed by atoms with E-state index in [9.17, 15) is 18.0 Å². The molecular formula is C15H15F3N4O. The SMILES string of the molecule is C[C@H]1[C@H](C)n2ncc(N)c2C(=O)N1c1ccc(C(F)(F)F)cc1. The van der Waals surface area contributed by atoms with Crippen LogP contribution in [-0.2, 0) is 6.18 Å². The van der Waals surface area contributed by atoms with Crippen LogP contribution in [-0.4, -0.2) is 21.7 Å². The quantitative estimate of drug-likeness (QED) is 0.877. The summed E-state index contributed by atoms with van der Waals surface area (Å²) in [4.78, 5) is 14.2. The third-order valence-electron chi connectivity index (χ3n) is 4.21. The van der Waals surface area contributed by atoms with E-state index in [4.69, 9.17) is 5.73 Å². The van der Waals surface area contributed by atoms with Gasteiger partial charge in [0.2, 0.25) is 0 Å². The second kappa shape index (κ2) is 5.00. The maximum atomic E-state index is 12.7. The standard InChI is InChI=1S/C15H15F3N4O/c1-8-9(2)22-13(12(19)7-20-22)14(23)21(8)11-5-3-10(4-6-11)15(16,17)18/h3-9H,19H2,1-2H3/t8-,9-/m0/s1. The molecule has 0 bridgehead atoms. The lowest BCUT2D eigenvalue weighted by atomic mass is 10.0. The number of nitrogen functional groups attached to an aromatic ring is 1. The molecule has 1 aliphatic heterocycles. The number of halogens is 3. The molecule has 1 aliphatic rings. The van der Waals surface area contributed by atoms with Gasteiger partial charge in [-0.3, -0.25) is 9.48 Å². The van der Waals surface area contributed by atoms with Crippen molar-refractivity contribution in [2.45, 2.75) is 32.1 Å². The van der Waals surface area contributed by atoms with Gasteiger partial charge in [-0.15, -0.1) is 0 Å². The lowest BCUT2D eigenvalue weighted by molar-refractivity contribution is -0.137. The Morgan fingerprint density at radius 2 is 1.74 bits per heavy atom. The van der Waals surface area contributed by atoms with E-state index in [0.717, 1.165) is 12.1 Å². The minimum Gasteiger partial charge on any atom is -0.396 e. The molecule has 1 aromatic heterocycles. The van der Waals surface area contributed by atoms with Crippen molar-refractivity contribution in [1.82, 2.24) is 9.78 Å². The Balaban J connectivity index is 2.03. The number of nitrogens with zero attached hydrogens (tertiary/aromatic N) is 3. The Hall–Kier alpha value is -2.51. The highest BCUT2D eigenvalue weighted by atomic mass is 19.4. The zero-order valence-corrected chi connectivity index (χ0v) is 12.5. The average molecular weight is 324 g/mol. The molecule has 2 atom stereocenters. The van der Waals surface area contributed by atoms with Gasteiger partial charge in [0.05, 0.1) is 29.5 Å². The van der Waals surface area contributed by atoms with Crippen LogP contribution in [0.4, 0.5) is 24.5 Å². The smallest absolute Gasteiger partial charge is 0.396 e. The van der Waals surface area contributed by atoms with Crippen LogP contribution in [0.3, 0.4) is 0 Å². The number of amides is 1. The van der Waals surface area contributed by atoms with Crippen LogP contribution < -0.4 is 10.6 Å². The third-order valence-corrected chi connectivity index (χ3v) is 4.21. The first-order valence-electron chi connectivity index (χ1n) is 7.05. The van der Waals surface area contributed by atoms with Crippen molar-refractivity contribution in [2.75, 3.05) is 10.6 Å². The van der Waals surface area contributed by atoms with Crippen LogP contribution in [0.1, 0.15) is 35.9 Å². The van der Waals surface area contributed by atoms with Crippen LogP contribution in [0.2, 0.25) is 0 Å². The molecule has 0 radical (unpaired) electrons. The van der Waals surface area contributed by atoms with E-state index in [1.807, 2.05) is 13.8 Å². The van der Waals surface area contributed by atoms with Gasteiger partial charge < -0.3 is 10.6 Å². The zero-order chi connectivity index (χ0) is 16.9. The first-order chi connectivity index (χ1) is 10.7. The van der Waals surface area contributed by atoms with Crippen molar-refractivity contribution in [3.05, 3.63) is 41.7 Å². The fourth-order valence-electron chi connectivity index (χ4n) is 2.79. The summed E-state index contributed by atoms with van der Waals surface area (Å²) in [5.41, 5.74) is 5.96. The largest absolute Gasteiger partial charge is 0.416 e. The normalized spacial score (nSPS) is 21.4. The molecule has 0 saturated heterocycles. The Bertz CT molecular complexity index is 751. The highest BCUT2D eigenvalue weighted by Crippen LogP contribution is 2.35. The third kappa shape index (κ3) is 2.34. The number of nitrogens with two attached hydrogens (primary N) is 1. The fraction of sp³-hybridized carbons (Fsp3) is 0.333. The van der Waals surface area contributed by atoms with Crippen LogP contribution in [0.15, 0.2) is 30.5 Å². The molecular weight excluding hydrogens is 309 g/mol. The maximum Gasteiger partial charge on any atom is 0.416 e. The molecule has 1 aromatic carbocycles. The second-order valence-electron chi connectivity index (χ2n) is 5.59. The topological polar surface area (TPSA) is 64.2 Å². The zero-order valence-electron chi connectivity index (χ0n) is 12.5.